The average molecular weight is 220 g/mol. The van der Waals surface area contributed by atoms with Crippen molar-refractivity contribution in [2.45, 2.75) is 0 Å². The third-order valence-corrected chi connectivity index (χ3v) is 0. The number of hydrogen-bond acceptors (Lipinski definition) is 5. The van der Waals surface area contributed by atoms with Gasteiger partial charge >= 0.3 is 64.6 Å². The van der Waals surface area contributed by atoms with Crippen LogP contribution in [0.2, 0.25) is 0 Å². The van der Waals surface area contributed by atoms with E-state index in [-0.39, 0.29) is 56.6 Å². The first-order chi connectivity index (χ1) is 4.00. The second-order valence-electron chi connectivity index (χ2n) is 0.845. The first-order valence-electron chi connectivity index (χ1n) is 1.42. The fraction of sp³-hybridized carbons (Fsp3) is 0. The van der Waals surface area contributed by atoms with E-state index in [2.05, 4.69) is 0 Å². The maximum Gasteiger partial charge on any atom is 1.00 e. The smallest absolute Gasteiger partial charge is 0.786 e. The Balaban J connectivity index is -0.0000000267. The van der Waals surface area contributed by atoms with Gasteiger partial charge in [0.2, 0.25) is 0 Å². The Morgan fingerprint density at radius 3 is 0.769 bits per heavy atom. The molecule has 0 aromatic rings. The van der Waals surface area contributed by atoms with Crippen molar-refractivity contribution in [1.29, 1.82) is 0 Å². The van der Waals surface area contributed by atoms with Crippen LogP contribution in [0, 0.1) is 0 Å². The Kier molecular flexibility index (Phi) is 27.1. The summed E-state index contributed by atoms with van der Waals surface area (Å²) < 4.78 is 46.9. The molecule has 64 valence electrons. The molecule has 0 N–H and O–H groups in total. The summed E-state index contributed by atoms with van der Waals surface area (Å²) in [6, 6.07) is 0. The molecule has 13 heavy (non-hydrogen) atoms. The summed E-state index contributed by atoms with van der Waals surface area (Å²) in [4.78, 5) is 25.2. The van der Waals surface area contributed by atoms with E-state index in [0.717, 1.165) is 0 Å². The van der Waals surface area contributed by atoms with Crippen LogP contribution in [0.3, 0.4) is 0 Å². The molecular formula is F3Li3O5P2. The molecule has 13 heteroatoms. The summed E-state index contributed by atoms with van der Waals surface area (Å²) in [5.74, 6) is 0. The zero-order chi connectivity index (χ0) is 9.00. The summed E-state index contributed by atoms with van der Waals surface area (Å²) in [5.41, 5.74) is 0. The zero-order valence-corrected chi connectivity index (χ0v) is 8.86. The van der Waals surface area contributed by atoms with E-state index in [4.69, 9.17) is 23.8 Å². The van der Waals surface area contributed by atoms with Crippen molar-refractivity contribution in [3.63, 3.8) is 0 Å². The Morgan fingerprint density at radius 2 is 0.769 bits per heavy atom. The van der Waals surface area contributed by atoms with Crippen LogP contribution >= 0.6 is 15.9 Å². The van der Waals surface area contributed by atoms with Gasteiger partial charge in [0.1, 0.15) is 7.91 Å². The van der Waals surface area contributed by atoms with Crippen LogP contribution in [0.25, 0.3) is 0 Å². The van der Waals surface area contributed by atoms with Crippen molar-refractivity contribution in [3.05, 3.63) is 0 Å². The summed E-state index contributed by atoms with van der Waals surface area (Å²) in [5, 5.41) is 0. The van der Waals surface area contributed by atoms with Gasteiger partial charge in [0, 0.05) is 0 Å². The van der Waals surface area contributed by atoms with Crippen molar-refractivity contribution in [2.75, 3.05) is 0 Å². The number of halogens is 3. The van der Waals surface area contributed by atoms with Crippen LogP contribution in [0.15, 0.2) is 0 Å². The van der Waals surface area contributed by atoms with Crippen LogP contribution < -0.4 is 71.3 Å². The molecule has 0 fully saturated rings. The first-order valence-corrected chi connectivity index (χ1v) is 4.26. The molecule has 0 unspecified atom stereocenters. The van der Waals surface area contributed by atoms with Gasteiger partial charge in [-0.25, -0.2) is 4.20 Å². The first kappa shape index (κ1) is 29.4. The molecular weight excluding hydrogens is 220 g/mol. The van der Waals surface area contributed by atoms with E-state index < -0.39 is 15.9 Å². The minimum atomic E-state index is -5.89. The average Bonchev–Trinajstić information content (AvgIpc) is 1.12. The number of rotatable bonds is 0. The molecule has 0 aromatic heterocycles. The third-order valence-electron chi connectivity index (χ3n) is 0. The molecule has 0 aliphatic heterocycles. The Morgan fingerprint density at radius 1 is 0.769 bits per heavy atom. The van der Waals surface area contributed by atoms with Crippen LogP contribution in [0.4, 0.5) is 12.6 Å². The SMILES string of the molecule is O=P([O-])(F)F.O=P([O-])([O-])F.[Li+].[Li+].[Li+]. The quantitative estimate of drug-likeness (QED) is 0.297. The molecule has 5 nitrogen and oxygen atoms in total. The van der Waals surface area contributed by atoms with E-state index in [9.17, 15) is 12.6 Å². The van der Waals surface area contributed by atoms with E-state index in [0.29, 0.717) is 0 Å². The molecule has 0 aliphatic carbocycles. The minimum Gasteiger partial charge on any atom is -0.786 e. The summed E-state index contributed by atoms with van der Waals surface area (Å²) >= 11 is 0. The van der Waals surface area contributed by atoms with Gasteiger partial charge in [-0.15, -0.1) is 0 Å². The maximum atomic E-state index is 10.1. The second kappa shape index (κ2) is 12.0. The molecule has 0 radical (unpaired) electrons. The molecule has 0 amide bonds. The van der Waals surface area contributed by atoms with Gasteiger partial charge < -0.3 is 19.2 Å². The molecule has 0 saturated carbocycles. The normalized spacial score (nSPS) is 9.08. The molecule has 0 aliphatic rings. The van der Waals surface area contributed by atoms with E-state index >= 15 is 0 Å². The van der Waals surface area contributed by atoms with E-state index in [1.165, 1.54) is 0 Å². The van der Waals surface area contributed by atoms with Gasteiger partial charge in [0.05, 0.1) is 0 Å². The predicted molar refractivity (Wildman–Crippen MR) is 18.5 cm³/mol. The number of hydrogen-bond donors (Lipinski definition) is 0. The Hall–Kier alpha value is 1.92. The van der Waals surface area contributed by atoms with Crippen LogP contribution in [-0.2, 0) is 9.13 Å². The van der Waals surface area contributed by atoms with Crippen LogP contribution in [-0.4, -0.2) is 0 Å². The van der Waals surface area contributed by atoms with Crippen molar-refractivity contribution in [1.82, 2.24) is 0 Å². The van der Waals surface area contributed by atoms with Crippen molar-refractivity contribution in [2.24, 2.45) is 0 Å². The molecule has 0 aromatic carbocycles. The molecule has 0 spiro atoms. The van der Waals surface area contributed by atoms with Gasteiger partial charge in [-0.3, -0.25) is 4.57 Å². The monoisotopic (exact) mass is 220 g/mol. The van der Waals surface area contributed by atoms with E-state index in [1.54, 1.807) is 0 Å². The molecule has 0 heterocycles. The van der Waals surface area contributed by atoms with Crippen molar-refractivity contribution >= 4 is 15.9 Å². The molecule has 0 saturated heterocycles. The van der Waals surface area contributed by atoms with Crippen molar-refractivity contribution in [3.8, 4) is 0 Å². The Labute approximate surface area is 108 Å². The molecule has 0 rings (SSSR count). The fourth-order valence-corrected chi connectivity index (χ4v) is 0. The summed E-state index contributed by atoms with van der Waals surface area (Å²) in [6.45, 7) is 0. The molecule has 0 atom stereocenters. The zero-order valence-electron chi connectivity index (χ0n) is 7.07. The fourth-order valence-electron chi connectivity index (χ4n) is 0. The van der Waals surface area contributed by atoms with E-state index in [1.807, 2.05) is 0 Å². The Bertz CT molecular complexity index is 137. The maximum absolute atomic E-state index is 10.1. The minimum absolute atomic E-state index is 0. The largest absolute Gasteiger partial charge is 1.00 e. The standard InChI is InChI=1S/F2HO2P.FH2O3P.3Li/c2*1-5(2,3)4;;;/h(H,3,4);(H2,2,3,4);;;/q;;3*+1/p-3. The topological polar surface area (TPSA) is 103 Å². The van der Waals surface area contributed by atoms with Gasteiger partial charge in [0.25, 0.3) is 0 Å². The predicted octanol–water partition coefficient (Wildman–Crippen LogP) is -9.81. The van der Waals surface area contributed by atoms with Gasteiger partial charge in [-0.1, -0.05) is 0 Å². The van der Waals surface area contributed by atoms with Gasteiger partial charge in [-0.2, -0.15) is 8.39 Å². The second-order valence-corrected chi connectivity index (χ2v) is 2.54. The summed E-state index contributed by atoms with van der Waals surface area (Å²) in [7, 11) is -11.5. The van der Waals surface area contributed by atoms with Crippen LogP contribution in [0.5, 0.6) is 0 Å². The van der Waals surface area contributed by atoms with Crippen LogP contribution in [0.1, 0.15) is 0 Å². The van der Waals surface area contributed by atoms with Gasteiger partial charge in [-0.05, 0) is 0 Å². The summed E-state index contributed by atoms with van der Waals surface area (Å²) in [6.07, 6.45) is 0. The van der Waals surface area contributed by atoms with Crippen molar-refractivity contribution < 1.29 is 93.0 Å². The third kappa shape index (κ3) is 536. The molecule has 0 bridgehead atoms. The van der Waals surface area contributed by atoms with Gasteiger partial charge in [0.15, 0.2) is 0 Å².